The van der Waals surface area contributed by atoms with Crippen LogP contribution in [0.25, 0.3) is 0 Å². The molecular weight excluding hydrogens is 472 g/mol. The standard InChI is InChI=1S/C25H34N2O7S/c1-5-34-19-12-10-18(11-13-19)27(17-25(29)26(2)21-8-6-7-9-22(21)28)35(30,31)20-14-15-23(32-3)24(16-20)33-4/h10-16,21-22,28H,5-9,17H2,1-4H3. The number of hydrogen-bond donors (Lipinski definition) is 1. The van der Waals surface area contributed by atoms with Crippen LogP contribution in [0.15, 0.2) is 47.4 Å². The summed E-state index contributed by atoms with van der Waals surface area (Å²) in [7, 11) is 0.337. The highest BCUT2D eigenvalue weighted by atomic mass is 32.2. The molecule has 0 radical (unpaired) electrons. The molecule has 35 heavy (non-hydrogen) atoms. The van der Waals surface area contributed by atoms with Crippen LogP contribution in [0.1, 0.15) is 32.6 Å². The van der Waals surface area contributed by atoms with Crippen LogP contribution in [0.5, 0.6) is 17.2 Å². The predicted molar refractivity (Wildman–Crippen MR) is 133 cm³/mol. The van der Waals surface area contributed by atoms with Crippen LogP contribution in [0.2, 0.25) is 0 Å². The number of methoxy groups -OCH3 is 2. The number of benzene rings is 2. The van der Waals surface area contributed by atoms with Gasteiger partial charge < -0.3 is 24.2 Å². The Morgan fingerprint density at radius 1 is 1.03 bits per heavy atom. The van der Waals surface area contributed by atoms with Crippen LogP contribution < -0.4 is 18.5 Å². The van der Waals surface area contributed by atoms with Gasteiger partial charge in [0.25, 0.3) is 10.0 Å². The molecule has 2 atom stereocenters. The van der Waals surface area contributed by atoms with Gasteiger partial charge in [0.05, 0.1) is 43.6 Å². The van der Waals surface area contributed by atoms with E-state index in [-0.39, 0.29) is 16.7 Å². The molecule has 0 saturated heterocycles. The van der Waals surface area contributed by atoms with Crippen molar-refractivity contribution in [3.8, 4) is 17.2 Å². The van der Waals surface area contributed by atoms with Crippen molar-refractivity contribution in [2.75, 3.05) is 38.7 Å². The molecule has 2 aromatic carbocycles. The number of anilines is 1. The highest BCUT2D eigenvalue weighted by Gasteiger charge is 2.33. The normalized spacial score (nSPS) is 18.0. The minimum Gasteiger partial charge on any atom is -0.494 e. The third kappa shape index (κ3) is 5.99. The molecule has 0 heterocycles. The van der Waals surface area contributed by atoms with E-state index in [1.54, 1.807) is 31.3 Å². The molecule has 1 saturated carbocycles. The van der Waals surface area contributed by atoms with Crippen molar-refractivity contribution in [1.29, 1.82) is 0 Å². The van der Waals surface area contributed by atoms with Crippen LogP contribution >= 0.6 is 0 Å². The number of hydrogen-bond acceptors (Lipinski definition) is 7. The Morgan fingerprint density at radius 3 is 2.29 bits per heavy atom. The lowest BCUT2D eigenvalue weighted by molar-refractivity contribution is -0.133. The molecule has 1 amide bonds. The lowest BCUT2D eigenvalue weighted by Gasteiger charge is -2.36. The molecule has 0 bridgehead atoms. The lowest BCUT2D eigenvalue weighted by Crippen LogP contribution is -2.50. The summed E-state index contributed by atoms with van der Waals surface area (Å²) in [6.45, 7) is 1.90. The number of carbonyl (C=O) groups excluding carboxylic acids is 1. The zero-order valence-corrected chi connectivity index (χ0v) is 21.5. The summed E-state index contributed by atoms with van der Waals surface area (Å²) in [6.07, 6.45) is 2.49. The molecule has 3 rings (SSSR count). The van der Waals surface area contributed by atoms with Crippen LogP contribution in [0.3, 0.4) is 0 Å². The summed E-state index contributed by atoms with van der Waals surface area (Å²) >= 11 is 0. The fraction of sp³-hybridized carbons (Fsp3) is 0.480. The Bertz CT molecular complexity index is 1110. The number of nitrogens with zero attached hydrogens (tertiary/aromatic N) is 2. The van der Waals surface area contributed by atoms with Crippen molar-refractivity contribution >= 4 is 21.6 Å². The average molecular weight is 507 g/mol. The molecule has 9 nitrogen and oxygen atoms in total. The van der Waals surface area contributed by atoms with Crippen LogP contribution in [-0.4, -0.2) is 70.9 Å². The van der Waals surface area contributed by atoms with Gasteiger partial charge >= 0.3 is 0 Å². The average Bonchev–Trinajstić information content (AvgIpc) is 2.87. The smallest absolute Gasteiger partial charge is 0.264 e. The first kappa shape index (κ1) is 26.6. The zero-order valence-electron chi connectivity index (χ0n) is 20.6. The van der Waals surface area contributed by atoms with Gasteiger partial charge in [0.1, 0.15) is 12.3 Å². The Morgan fingerprint density at radius 2 is 1.69 bits per heavy atom. The summed E-state index contributed by atoms with van der Waals surface area (Å²) in [4.78, 5) is 14.7. The first-order chi connectivity index (χ1) is 16.7. The van der Waals surface area contributed by atoms with E-state index in [4.69, 9.17) is 14.2 Å². The van der Waals surface area contributed by atoms with E-state index in [0.717, 1.165) is 17.1 Å². The summed E-state index contributed by atoms with van der Waals surface area (Å²) < 4.78 is 44.6. The quantitative estimate of drug-likeness (QED) is 0.528. The minimum absolute atomic E-state index is 0.0443. The maximum atomic E-state index is 13.8. The van der Waals surface area contributed by atoms with Gasteiger partial charge in [-0.15, -0.1) is 0 Å². The predicted octanol–water partition coefficient (Wildman–Crippen LogP) is 3.06. The van der Waals surface area contributed by atoms with Crippen LogP contribution in [-0.2, 0) is 14.8 Å². The number of sulfonamides is 1. The molecule has 10 heteroatoms. The van der Waals surface area contributed by atoms with Gasteiger partial charge in [-0.25, -0.2) is 8.42 Å². The highest BCUT2D eigenvalue weighted by molar-refractivity contribution is 7.92. The summed E-state index contributed by atoms with van der Waals surface area (Å²) in [5.74, 6) is 0.831. The van der Waals surface area contributed by atoms with Crippen molar-refractivity contribution in [3.05, 3.63) is 42.5 Å². The minimum atomic E-state index is -4.16. The Hall–Kier alpha value is -2.98. The molecule has 1 aliphatic carbocycles. The Labute approximate surface area is 207 Å². The SMILES string of the molecule is CCOc1ccc(N(CC(=O)N(C)C2CCCCC2O)S(=O)(=O)c2ccc(OC)c(OC)c2)cc1. The van der Waals surface area contributed by atoms with Crippen molar-refractivity contribution < 1.29 is 32.5 Å². The van der Waals surface area contributed by atoms with E-state index < -0.39 is 28.6 Å². The summed E-state index contributed by atoms with van der Waals surface area (Å²) in [5, 5.41) is 10.4. The topological polar surface area (TPSA) is 106 Å². The molecule has 1 N–H and O–H groups in total. The van der Waals surface area contributed by atoms with E-state index in [1.807, 2.05) is 6.92 Å². The second kappa shape index (κ2) is 11.6. The largest absolute Gasteiger partial charge is 0.494 e. The fourth-order valence-corrected chi connectivity index (χ4v) is 5.69. The number of aliphatic hydroxyl groups excluding tert-OH is 1. The number of amides is 1. The highest BCUT2D eigenvalue weighted by Crippen LogP contribution is 2.33. The zero-order chi connectivity index (χ0) is 25.6. The van der Waals surface area contributed by atoms with E-state index in [9.17, 15) is 18.3 Å². The van der Waals surface area contributed by atoms with Crippen molar-refractivity contribution in [2.45, 2.75) is 49.6 Å². The summed E-state index contributed by atoms with van der Waals surface area (Å²) in [6, 6.07) is 10.5. The van der Waals surface area contributed by atoms with E-state index in [2.05, 4.69) is 0 Å². The lowest BCUT2D eigenvalue weighted by atomic mass is 9.91. The van der Waals surface area contributed by atoms with Gasteiger partial charge in [0.15, 0.2) is 11.5 Å². The maximum Gasteiger partial charge on any atom is 0.264 e. The second-order valence-electron chi connectivity index (χ2n) is 8.38. The van der Waals surface area contributed by atoms with Crippen LogP contribution in [0, 0.1) is 0 Å². The molecule has 192 valence electrons. The maximum absolute atomic E-state index is 13.8. The number of ether oxygens (including phenoxy) is 3. The van der Waals surface area contributed by atoms with Crippen LogP contribution in [0.4, 0.5) is 5.69 Å². The number of aliphatic hydroxyl groups is 1. The monoisotopic (exact) mass is 506 g/mol. The van der Waals surface area contributed by atoms with Gasteiger partial charge in [0.2, 0.25) is 5.91 Å². The van der Waals surface area contributed by atoms with Crippen molar-refractivity contribution in [1.82, 2.24) is 4.90 Å². The number of likely N-dealkylation sites (N-methyl/N-ethyl adjacent to an activating group) is 1. The molecule has 1 aliphatic rings. The van der Waals surface area contributed by atoms with Gasteiger partial charge in [-0.1, -0.05) is 12.8 Å². The van der Waals surface area contributed by atoms with Gasteiger partial charge in [0, 0.05) is 13.1 Å². The van der Waals surface area contributed by atoms with Crippen molar-refractivity contribution in [3.63, 3.8) is 0 Å². The van der Waals surface area contributed by atoms with Crippen molar-refractivity contribution in [2.24, 2.45) is 0 Å². The van der Waals surface area contributed by atoms with E-state index in [0.29, 0.717) is 36.6 Å². The Kier molecular flexibility index (Phi) is 8.85. The second-order valence-corrected chi connectivity index (χ2v) is 10.2. The molecular formula is C25H34N2O7S. The molecule has 0 aromatic heterocycles. The van der Waals surface area contributed by atoms with Gasteiger partial charge in [-0.3, -0.25) is 9.10 Å². The molecule has 2 unspecified atom stereocenters. The molecule has 0 aliphatic heterocycles. The third-order valence-corrected chi connectivity index (χ3v) is 8.01. The molecule has 2 aromatic rings. The third-order valence-electron chi connectivity index (χ3n) is 6.24. The van der Waals surface area contributed by atoms with Gasteiger partial charge in [-0.2, -0.15) is 0 Å². The first-order valence-corrected chi connectivity index (χ1v) is 13.1. The fourth-order valence-electron chi connectivity index (χ4n) is 4.26. The Balaban J connectivity index is 1.98. The number of rotatable bonds is 10. The number of carbonyl (C=O) groups is 1. The van der Waals surface area contributed by atoms with E-state index in [1.165, 1.54) is 37.3 Å². The first-order valence-electron chi connectivity index (χ1n) is 11.6. The van der Waals surface area contributed by atoms with Gasteiger partial charge in [-0.05, 0) is 56.2 Å². The molecule has 0 spiro atoms. The molecule has 1 fully saturated rings. The van der Waals surface area contributed by atoms with E-state index >= 15 is 0 Å². The summed E-state index contributed by atoms with van der Waals surface area (Å²) in [5.41, 5.74) is 0.314.